The van der Waals surface area contributed by atoms with Gasteiger partial charge in [0.25, 0.3) is 5.89 Å². The molecule has 0 aliphatic heterocycles. The van der Waals surface area contributed by atoms with Crippen molar-refractivity contribution in [2.45, 2.75) is 32.7 Å². The van der Waals surface area contributed by atoms with Gasteiger partial charge in [-0.1, -0.05) is 25.1 Å². The van der Waals surface area contributed by atoms with Crippen LogP contribution in [0.4, 0.5) is 5.82 Å². The zero-order valence-corrected chi connectivity index (χ0v) is 18.7. The van der Waals surface area contributed by atoms with Gasteiger partial charge in [0.05, 0.1) is 36.0 Å². The van der Waals surface area contributed by atoms with Gasteiger partial charge >= 0.3 is 0 Å². The first-order valence-corrected chi connectivity index (χ1v) is 10.5. The molecule has 166 valence electrons. The fourth-order valence-corrected chi connectivity index (χ4v) is 3.48. The van der Waals surface area contributed by atoms with Gasteiger partial charge in [0, 0.05) is 31.3 Å². The van der Waals surface area contributed by atoms with Gasteiger partial charge in [-0.2, -0.15) is 10.1 Å². The van der Waals surface area contributed by atoms with E-state index < -0.39 is 5.41 Å². The third-order valence-electron chi connectivity index (χ3n) is 5.90. The molecule has 4 aromatic heterocycles. The molecule has 9 nitrogen and oxygen atoms in total. The number of hydrogen-bond donors (Lipinski definition) is 1. The summed E-state index contributed by atoms with van der Waals surface area (Å²) in [6, 6.07) is 7.70. The second-order valence-corrected chi connectivity index (χ2v) is 8.17. The summed E-state index contributed by atoms with van der Waals surface area (Å²) in [4.78, 5) is 13.5. The van der Waals surface area contributed by atoms with Crippen molar-refractivity contribution in [1.29, 1.82) is 0 Å². The molecule has 2 N–H and O–H groups in total. The molecule has 0 aliphatic carbocycles. The SMILES string of the molecule is COCCn1cc(-c2nc([C@@](C)(c3ccc(-c4ccc(N)nc4)nc3)C(C)C)no2)cn1. The Labute approximate surface area is 186 Å². The molecule has 0 bridgehead atoms. The van der Waals surface area contributed by atoms with Crippen LogP contribution in [0.15, 0.2) is 53.6 Å². The summed E-state index contributed by atoms with van der Waals surface area (Å²) in [5.41, 5.74) is 8.70. The van der Waals surface area contributed by atoms with Crippen molar-refractivity contribution in [3.05, 3.63) is 60.4 Å². The van der Waals surface area contributed by atoms with Crippen LogP contribution in [0.5, 0.6) is 0 Å². The van der Waals surface area contributed by atoms with E-state index in [0.717, 1.165) is 22.4 Å². The van der Waals surface area contributed by atoms with E-state index in [1.165, 1.54) is 0 Å². The number of hydrogen-bond acceptors (Lipinski definition) is 8. The minimum absolute atomic E-state index is 0.197. The molecule has 4 rings (SSSR count). The number of anilines is 1. The maximum atomic E-state index is 5.69. The van der Waals surface area contributed by atoms with Gasteiger partial charge in [-0.15, -0.1) is 0 Å². The van der Waals surface area contributed by atoms with E-state index in [1.54, 1.807) is 30.3 Å². The zero-order chi connectivity index (χ0) is 22.7. The summed E-state index contributed by atoms with van der Waals surface area (Å²) in [6.45, 7) is 7.61. The third-order valence-corrected chi connectivity index (χ3v) is 5.90. The fraction of sp³-hybridized carbons (Fsp3) is 0.348. The molecular formula is C23H27N7O2. The van der Waals surface area contributed by atoms with Gasteiger partial charge in [0.1, 0.15) is 5.82 Å². The highest BCUT2D eigenvalue weighted by atomic mass is 16.5. The predicted molar refractivity (Wildman–Crippen MR) is 121 cm³/mol. The number of pyridine rings is 2. The summed E-state index contributed by atoms with van der Waals surface area (Å²) >= 11 is 0. The van der Waals surface area contributed by atoms with Crippen LogP contribution in [0.25, 0.3) is 22.7 Å². The molecule has 0 fully saturated rings. The molecule has 0 saturated heterocycles. The predicted octanol–water partition coefficient (Wildman–Crippen LogP) is 3.58. The van der Waals surface area contributed by atoms with Crippen LogP contribution in [0.1, 0.15) is 32.2 Å². The molecule has 0 radical (unpaired) electrons. The Morgan fingerprint density at radius 2 is 1.94 bits per heavy atom. The largest absolute Gasteiger partial charge is 0.384 e. The molecule has 4 aromatic rings. The molecule has 0 saturated carbocycles. The van der Waals surface area contributed by atoms with E-state index >= 15 is 0 Å². The number of nitrogens with two attached hydrogens (primary N) is 1. The van der Waals surface area contributed by atoms with Gasteiger partial charge in [0.2, 0.25) is 0 Å². The average Bonchev–Trinajstić information content (AvgIpc) is 3.47. The van der Waals surface area contributed by atoms with Gasteiger partial charge in [-0.3, -0.25) is 9.67 Å². The summed E-state index contributed by atoms with van der Waals surface area (Å²) in [5.74, 6) is 1.72. The van der Waals surface area contributed by atoms with E-state index in [-0.39, 0.29) is 5.92 Å². The lowest BCUT2D eigenvalue weighted by Gasteiger charge is -2.30. The van der Waals surface area contributed by atoms with Crippen LogP contribution in [0, 0.1) is 5.92 Å². The summed E-state index contributed by atoms with van der Waals surface area (Å²) < 4.78 is 12.5. The maximum absolute atomic E-state index is 5.69. The Balaban J connectivity index is 1.63. The van der Waals surface area contributed by atoms with Crippen molar-refractivity contribution >= 4 is 5.82 Å². The fourth-order valence-electron chi connectivity index (χ4n) is 3.48. The molecule has 9 heteroatoms. The number of methoxy groups -OCH3 is 1. The zero-order valence-electron chi connectivity index (χ0n) is 18.7. The van der Waals surface area contributed by atoms with Crippen LogP contribution >= 0.6 is 0 Å². The first kappa shape index (κ1) is 21.6. The second-order valence-electron chi connectivity index (χ2n) is 8.17. The van der Waals surface area contributed by atoms with Crippen LogP contribution in [0.2, 0.25) is 0 Å². The van der Waals surface area contributed by atoms with E-state index in [4.69, 9.17) is 20.0 Å². The van der Waals surface area contributed by atoms with Crippen LogP contribution in [0.3, 0.4) is 0 Å². The Kier molecular flexibility index (Phi) is 6.00. The molecular weight excluding hydrogens is 406 g/mol. The van der Waals surface area contributed by atoms with Gasteiger partial charge < -0.3 is 15.0 Å². The topological polar surface area (TPSA) is 118 Å². The molecule has 1 atom stereocenters. The van der Waals surface area contributed by atoms with Crippen LogP contribution in [-0.4, -0.2) is 43.6 Å². The summed E-state index contributed by atoms with van der Waals surface area (Å²) in [6.07, 6.45) is 7.18. The Morgan fingerprint density at radius 1 is 1.09 bits per heavy atom. The first-order chi connectivity index (χ1) is 15.4. The lowest BCUT2D eigenvalue weighted by molar-refractivity contribution is 0.183. The van der Waals surface area contributed by atoms with E-state index in [2.05, 4.69) is 47.1 Å². The van der Waals surface area contributed by atoms with Crippen molar-refractivity contribution in [3.63, 3.8) is 0 Å². The van der Waals surface area contributed by atoms with Gasteiger partial charge in [0.15, 0.2) is 5.82 Å². The average molecular weight is 434 g/mol. The van der Waals surface area contributed by atoms with Crippen LogP contribution in [-0.2, 0) is 16.7 Å². The highest BCUT2D eigenvalue weighted by Crippen LogP contribution is 2.38. The highest BCUT2D eigenvalue weighted by Gasteiger charge is 2.38. The summed E-state index contributed by atoms with van der Waals surface area (Å²) in [7, 11) is 1.66. The quantitative estimate of drug-likeness (QED) is 0.448. The second kappa shape index (κ2) is 8.88. The summed E-state index contributed by atoms with van der Waals surface area (Å²) in [5, 5.41) is 8.65. The molecule has 4 heterocycles. The molecule has 32 heavy (non-hydrogen) atoms. The normalized spacial score (nSPS) is 13.4. The number of aromatic nitrogens is 6. The Morgan fingerprint density at radius 3 is 2.59 bits per heavy atom. The van der Waals surface area contributed by atoms with Crippen molar-refractivity contribution in [1.82, 2.24) is 29.9 Å². The molecule has 0 aromatic carbocycles. The Bertz CT molecular complexity index is 1170. The first-order valence-electron chi connectivity index (χ1n) is 10.5. The number of ether oxygens (including phenoxy) is 1. The molecule has 0 spiro atoms. The van der Waals surface area contributed by atoms with E-state index in [0.29, 0.717) is 30.7 Å². The van der Waals surface area contributed by atoms with Gasteiger partial charge in [-0.05, 0) is 36.6 Å². The number of nitrogen functional groups attached to an aromatic ring is 1. The van der Waals surface area contributed by atoms with Crippen molar-refractivity contribution in [3.8, 4) is 22.7 Å². The minimum atomic E-state index is -0.487. The molecule has 0 aliphatic rings. The lowest BCUT2D eigenvalue weighted by atomic mass is 9.73. The minimum Gasteiger partial charge on any atom is -0.384 e. The Hall–Kier alpha value is -3.59. The maximum Gasteiger partial charge on any atom is 0.261 e. The van der Waals surface area contributed by atoms with Crippen molar-refractivity contribution < 1.29 is 9.26 Å². The molecule has 0 unspecified atom stereocenters. The smallest absolute Gasteiger partial charge is 0.261 e. The van der Waals surface area contributed by atoms with Crippen molar-refractivity contribution in [2.24, 2.45) is 5.92 Å². The lowest BCUT2D eigenvalue weighted by Crippen LogP contribution is -2.31. The van der Waals surface area contributed by atoms with Crippen molar-refractivity contribution in [2.75, 3.05) is 19.5 Å². The third kappa shape index (κ3) is 4.11. The monoisotopic (exact) mass is 433 g/mol. The van der Waals surface area contributed by atoms with E-state index in [1.807, 2.05) is 24.5 Å². The number of rotatable bonds is 8. The highest BCUT2D eigenvalue weighted by molar-refractivity contribution is 5.59. The van der Waals surface area contributed by atoms with E-state index in [9.17, 15) is 0 Å². The van der Waals surface area contributed by atoms with Gasteiger partial charge in [-0.25, -0.2) is 4.98 Å². The van der Waals surface area contributed by atoms with Crippen LogP contribution < -0.4 is 5.73 Å². The molecule has 0 amide bonds. The standard InChI is InChI=1S/C23H27N7O2/c1-15(2)23(3,18-6-7-19(25-13-18)16-5-8-20(24)26-11-16)22-28-21(32-29-22)17-12-27-30(14-17)9-10-31-4/h5-8,11-15H,9-10H2,1-4H3,(H2,24,26)/t23-/m1/s1. The number of nitrogens with zero attached hydrogens (tertiary/aromatic N) is 6.